The first-order valence-electron chi connectivity index (χ1n) is 6.04. The Bertz CT molecular complexity index is 676. The lowest BCUT2D eigenvalue weighted by molar-refractivity contribution is 0.102. The van der Waals surface area contributed by atoms with Crippen molar-refractivity contribution in [1.29, 1.82) is 0 Å². The molecule has 20 heavy (non-hydrogen) atoms. The summed E-state index contributed by atoms with van der Waals surface area (Å²) in [7, 11) is 0. The second-order valence-electron chi connectivity index (χ2n) is 4.09. The van der Waals surface area contributed by atoms with Crippen molar-refractivity contribution in [2.45, 2.75) is 20.3 Å². The van der Waals surface area contributed by atoms with Crippen LogP contribution >= 0.6 is 11.3 Å². The van der Waals surface area contributed by atoms with E-state index in [4.69, 9.17) is 9.52 Å². The number of aryl methyl sites for hydroxylation is 2. The van der Waals surface area contributed by atoms with E-state index < -0.39 is 0 Å². The molecule has 0 aliphatic carbocycles. The van der Waals surface area contributed by atoms with Crippen molar-refractivity contribution >= 4 is 22.4 Å². The molecule has 0 fully saturated rings. The van der Waals surface area contributed by atoms with Gasteiger partial charge in [0, 0.05) is 6.42 Å². The molecule has 0 radical (unpaired) electrons. The largest absolute Gasteiger partial charge is 0.466 e. The Labute approximate surface area is 120 Å². The summed E-state index contributed by atoms with van der Waals surface area (Å²) in [6.45, 7) is 3.58. The van der Waals surface area contributed by atoms with E-state index in [9.17, 15) is 4.79 Å². The smallest absolute Gasteiger partial charge is 0.260 e. The van der Waals surface area contributed by atoms with E-state index >= 15 is 0 Å². The molecule has 0 spiro atoms. The van der Waals surface area contributed by atoms with Crippen LogP contribution in [0.25, 0.3) is 0 Å². The number of carbonyl (C=O) groups is 1. The number of aromatic nitrogens is 1. The fraction of sp³-hybridized carbons (Fsp3) is 0.286. The SMILES string of the molecule is Cc1cc(C(=O)Nc2ncc(C#CCCO)s2)c(C)o1. The van der Waals surface area contributed by atoms with Gasteiger partial charge in [-0.2, -0.15) is 0 Å². The minimum Gasteiger partial charge on any atom is -0.466 e. The van der Waals surface area contributed by atoms with Gasteiger partial charge in [0.2, 0.25) is 0 Å². The van der Waals surface area contributed by atoms with Crippen LogP contribution in [0.1, 0.15) is 33.2 Å². The van der Waals surface area contributed by atoms with Crippen molar-refractivity contribution < 1.29 is 14.3 Å². The standard InChI is InChI=1S/C14H14N2O3S/c1-9-7-12(10(2)19-9)13(18)16-14-15-8-11(20-14)5-3-4-6-17/h7-8,17H,4,6H2,1-2H3,(H,15,16,18). The Morgan fingerprint density at radius 3 is 3.00 bits per heavy atom. The number of amides is 1. The van der Waals surface area contributed by atoms with Crippen molar-refractivity contribution in [3.63, 3.8) is 0 Å². The molecule has 0 aliphatic heterocycles. The third-order valence-electron chi connectivity index (χ3n) is 2.46. The Morgan fingerprint density at radius 1 is 1.55 bits per heavy atom. The Hall–Kier alpha value is -2.10. The molecule has 0 atom stereocenters. The maximum atomic E-state index is 12.0. The van der Waals surface area contributed by atoms with Gasteiger partial charge in [0.15, 0.2) is 5.13 Å². The molecule has 2 rings (SSSR count). The highest BCUT2D eigenvalue weighted by atomic mass is 32.1. The molecule has 6 heteroatoms. The normalized spacial score (nSPS) is 9.95. The molecule has 0 saturated carbocycles. The van der Waals surface area contributed by atoms with Crippen LogP contribution < -0.4 is 5.32 Å². The number of thiazole rings is 1. The van der Waals surface area contributed by atoms with Crippen molar-refractivity contribution in [1.82, 2.24) is 4.98 Å². The van der Waals surface area contributed by atoms with E-state index in [0.717, 1.165) is 4.88 Å². The van der Waals surface area contributed by atoms with Crippen LogP contribution in [-0.2, 0) is 0 Å². The average molecular weight is 290 g/mol. The molecular weight excluding hydrogens is 276 g/mol. The second kappa shape index (κ2) is 6.37. The van der Waals surface area contributed by atoms with E-state index in [1.165, 1.54) is 11.3 Å². The summed E-state index contributed by atoms with van der Waals surface area (Å²) < 4.78 is 5.32. The van der Waals surface area contributed by atoms with Gasteiger partial charge in [0.25, 0.3) is 5.91 Å². The third kappa shape index (κ3) is 3.47. The summed E-state index contributed by atoms with van der Waals surface area (Å²) in [5.74, 6) is 6.71. The summed E-state index contributed by atoms with van der Waals surface area (Å²) in [6, 6.07) is 1.69. The van der Waals surface area contributed by atoms with Gasteiger partial charge in [-0.25, -0.2) is 4.98 Å². The number of nitrogens with one attached hydrogen (secondary N) is 1. The highest BCUT2D eigenvalue weighted by Crippen LogP contribution is 2.20. The highest BCUT2D eigenvalue weighted by molar-refractivity contribution is 7.16. The molecule has 2 N–H and O–H groups in total. The Morgan fingerprint density at radius 2 is 2.35 bits per heavy atom. The van der Waals surface area contributed by atoms with E-state index in [-0.39, 0.29) is 12.5 Å². The molecule has 0 unspecified atom stereocenters. The summed E-state index contributed by atoms with van der Waals surface area (Å²) in [6.07, 6.45) is 2.02. The lowest BCUT2D eigenvalue weighted by Gasteiger charge is -1.98. The number of aliphatic hydroxyl groups excluding tert-OH is 1. The van der Waals surface area contributed by atoms with Gasteiger partial charge < -0.3 is 9.52 Å². The van der Waals surface area contributed by atoms with Crippen LogP contribution in [0.5, 0.6) is 0 Å². The molecule has 2 heterocycles. The van der Waals surface area contributed by atoms with E-state index in [2.05, 4.69) is 22.1 Å². The molecule has 0 bridgehead atoms. The van der Waals surface area contributed by atoms with Crippen molar-refractivity contribution in [3.05, 3.63) is 34.2 Å². The van der Waals surface area contributed by atoms with Crippen LogP contribution in [0.15, 0.2) is 16.7 Å². The second-order valence-corrected chi connectivity index (χ2v) is 5.12. The number of rotatable bonds is 3. The minimum atomic E-state index is -0.247. The number of hydrogen-bond acceptors (Lipinski definition) is 5. The summed E-state index contributed by atoms with van der Waals surface area (Å²) in [5.41, 5.74) is 0.505. The fourth-order valence-electron chi connectivity index (χ4n) is 1.62. The number of carbonyl (C=O) groups excluding carboxylic acids is 1. The summed E-state index contributed by atoms with van der Waals surface area (Å²) in [5, 5.41) is 11.8. The first-order chi connectivity index (χ1) is 9.60. The van der Waals surface area contributed by atoms with Gasteiger partial charge >= 0.3 is 0 Å². The highest BCUT2D eigenvalue weighted by Gasteiger charge is 2.14. The van der Waals surface area contributed by atoms with Gasteiger partial charge in [-0.15, -0.1) is 0 Å². The molecule has 5 nitrogen and oxygen atoms in total. The number of anilines is 1. The molecule has 2 aromatic rings. The van der Waals surface area contributed by atoms with Crippen LogP contribution in [0, 0.1) is 25.7 Å². The zero-order chi connectivity index (χ0) is 14.5. The van der Waals surface area contributed by atoms with Crippen LogP contribution in [-0.4, -0.2) is 22.6 Å². The van der Waals surface area contributed by atoms with Crippen LogP contribution in [0.4, 0.5) is 5.13 Å². The predicted molar refractivity (Wildman–Crippen MR) is 76.8 cm³/mol. The third-order valence-corrected chi connectivity index (χ3v) is 3.29. The van der Waals surface area contributed by atoms with E-state index in [1.54, 1.807) is 26.1 Å². The van der Waals surface area contributed by atoms with E-state index in [1.807, 2.05) is 0 Å². The van der Waals surface area contributed by atoms with Crippen molar-refractivity contribution in [2.24, 2.45) is 0 Å². The number of furan rings is 1. The first-order valence-corrected chi connectivity index (χ1v) is 6.85. The lowest BCUT2D eigenvalue weighted by Crippen LogP contribution is -2.11. The zero-order valence-corrected chi connectivity index (χ0v) is 12.0. The topological polar surface area (TPSA) is 75.4 Å². The average Bonchev–Trinajstić information content (AvgIpc) is 2.96. The summed E-state index contributed by atoms with van der Waals surface area (Å²) in [4.78, 5) is 16.9. The number of aliphatic hydroxyl groups is 1. The Balaban J connectivity index is 2.06. The number of nitrogens with zero attached hydrogens (tertiary/aromatic N) is 1. The lowest BCUT2D eigenvalue weighted by atomic mass is 10.2. The number of hydrogen-bond donors (Lipinski definition) is 2. The van der Waals surface area contributed by atoms with Crippen LogP contribution in [0.2, 0.25) is 0 Å². The predicted octanol–water partition coefficient (Wildman–Crippen LogP) is 2.34. The fourth-order valence-corrected chi connectivity index (χ4v) is 2.30. The molecule has 0 aromatic carbocycles. The minimum absolute atomic E-state index is 0.0362. The molecule has 0 aliphatic rings. The van der Waals surface area contributed by atoms with Gasteiger partial charge in [0.05, 0.1) is 23.2 Å². The van der Waals surface area contributed by atoms with Crippen molar-refractivity contribution in [3.8, 4) is 11.8 Å². The molecule has 104 valence electrons. The molecule has 2 aromatic heterocycles. The van der Waals surface area contributed by atoms with Gasteiger partial charge in [-0.3, -0.25) is 10.1 Å². The van der Waals surface area contributed by atoms with E-state index in [0.29, 0.717) is 28.6 Å². The Kier molecular flexibility index (Phi) is 4.56. The molecule has 0 saturated heterocycles. The maximum Gasteiger partial charge on any atom is 0.260 e. The molecular formula is C14H14N2O3S. The molecule has 1 amide bonds. The van der Waals surface area contributed by atoms with Crippen molar-refractivity contribution in [2.75, 3.05) is 11.9 Å². The first kappa shape index (κ1) is 14.3. The maximum absolute atomic E-state index is 12.0. The van der Waals surface area contributed by atoms with Gasteiger partial charge in [0.1, 0.15) is 11.5 Å². The van der Waals surface area contributed by atoms with Gasteiger partial charge in [-0.05, 0) is 19.9 Å². The summed E-state index contributed by atoms with van der Waals surface area (Å²) >= 11 is 1.29. The zero-order valence-electron chi connectivity index (χ0n) is 11.2. The quantitative estimate of drug-likeness (QED) is 0.851. The van der Waals surface area contributed by atoms with Gasteiger partial charge in [-0.1, -0.05) is 23.2 Å². The van der Waals surface area contributed by atoms with Crippen LogP contribution in [0.3, 0.4) is 0 Å². The monoisotopic (exact) mass is 290 g/mol.